The van der Waals surface area contributed by atoms with Crippen LogP contribution in [0.1, 0.15) is 12.5 Å². The van der Waals surface area contributed by atoms with Crippen LogP contribution in [-0.4, -0.2) is 24.6 Å². The first kappa shape index (κ1) is 20.2. The minimum atomic E-state index is -4.48. The lowest BCUT2D eigenvalue weighted by Gasteiger charge is -2.14. The standard InChI is InChI=1S/C18H15F4NO4/c1-11(27-16(24)10-26-15-8-4-13(19)5-9-15)17(25)23-14-6-2-12(3-7-14)18(20,21)22/h2-9,11H,10H2,1H3,(H,23,25). The van der Waals surface area contributed by atoms with Crippen LogP contribution in [0.2, 0.25) is 0 Å². The molecular weight excluding hydrogens is 370 g/mol. The van der Waals surface area contributed by atoms with Gasteiger partial charge in [0.2, 0.25) is 0 Å². The molecule has 0 radical (unpaired) electrons. The van der Waals surface area contributed by atoms with E-state index in [0.29, 0.717) is 0 Å². The van der Waals surface area contributed by atoms with Crippen molar-refractivity contribution >= 4 is 17.6 Å². The fourth-order valence-electron chi connectivity index (χ4n) is 1.94. The molecule has 9 heteroatoms. The normalized spacial score (nSPS) is 12.2. The van der Waals surface area contributed by atoms with Crippen LogP contribution >= 0.6 is 0 Å². The molecule has 27 heavy (non-hydrogen) atoms. The lowest BCUT2D eigenvalue weighted by atomic mass is 10.2. The quantitative estimate of drug-likeness (QED) is 0.607. The van der Waals surface area contributed by atoms with E-state index < -0.39 is 42.1 Å². The number of carbonyl (C=O) groups excluding carboxylic acids is 2. The largest absolute Gasteiger partial charge is 0.482 e. The Morgan fingerprint density at radius 3 is 2.19 bits per heavy atom. The van der Waals surface area contributed by atoms with Gasteiger partial charge in [-0.2, -0.15) is 13.2 Å². The summed E-state index contributed by atoms with van der Waals surface area (Å²) < 4.78 is 60.2. The predicted octanol–water partition coefficient (Wildman–Crippen LogP) is 3.79. The number of anilines is 1. The molecule has 0 aliphatic rings. The summed E-state index contributed by atoms with van der Waals surface area (Å²) in [5.41, 5.74) is -0.726. The van der Waals surface area contributed by atoms with Crippen molar-refractivity contribution in [3.8, 4) is 5.75 Å². The molecule has 1 unspecified atom stereocenters. The van der Waals surface area contributed by atoms with E-state index >= 15 is 0 Å². The molecule has 0 fully saturated rings. The minimum Gasteiger partial charge on any atom is -0.482 e. The molecule has 144 valence electrons. The van der Waals surface area contributed by atoms with E-state index in [0.717, 1.165) is 36.4 Å². The van der Waals surface area contributed by atoms with E-state index in [1.165, 1.54) is 19.1 Å². The molecule has 2 aromatic rings. The number of esters is 1. The SMILES string of the molecule is CC(OC(=O)COc1ccc(F)cc1)C(=O)Nc1ccc(C(F)(F)F)cc1. The van der Waals surface area contributed by atoms with Crippen molar-refractivity contribution in [3.05, 3.63) is 59.9 Å². The van der Waals surface area contributed by atoms with Gasteiger partial charge in [0.15, 0.2) is 12.7 Å². The second-order valence-corrected chi connectivity index (χ2v) is 5.44. The molecular formula is C18H15F4NO4. The van der Waals surface area contributed by atoms with Crippen molar-refractivity contribution in [2.45, 2.75) is 19.2 Å². The molecule has 1 amide bonds. The zero-order chi connectivity index (χ0) is 20.0. The number of alkyl halides is 3. The second-order valence-electron chi connectivity index (χ2n) is 5.44. The smallest absolute Gasteiger partial charge is 0.416 e. The molecule has 0 aromatic heterocycles. The highest BCUT2D eigenvalue weighted by atomic mass is 19.4. The highest BCUT2D eigenvalue weighted by molar-refractivity contribution is 5.95. The number of benzene rings is 2. The Kier molecular flexibility index (Phi) is 6.38. The van der Waals surface area contributed by atoms with Crippen LogP contribution in [0.15, 0.2) is 48.5 Å². The Morgan fingerprint density at radius 2 is 1.63 bits per heavy atom. The summed E-state index contributed by atoms with van der Waals surface area (Å²) in [6.45, 7) is 0.804. The molecule has 2 aromatic carbocycles. The molecule has 1 N–H and O–H groups in total. The number of amides is 1. The molecule has 0 spiro atoms. The number of hydrogen-bond donors (Lipinski definition) is 1. The summed E-state index contributed by atoms with van der Waals surface area (Å²) in [6.07, 6.45) is -5.67. The maximum Gasteiger partial charge on any atom is 0.416 e. The van der Waals surface area contributed by atoms with Gasteiger partial charge in [0, 0.05) is 5.69 Å². The van der Waals surface area contributed by atoms with Crippen molar-refractivity contribution in [1.29, 1.82) is 0 Å². The number of hydrogen-bond acceptors (Lipinski definition) is 4. The van der Waals surface area contributed by atoms with Crippen LogP contribution in [0, 0.1) is 5.82 Å². The van der Waals surface area contributed by atoms with Gasteiger partial charge in [0.1, 0.15) is 11.6 Å². The lowest BCUT2D eigenvalue weighted by Crippen LogP contribution is -2.31. The van der Waals surface area contributed by atoms with Crippen LogP contribution in [-0.2, 0) is 20.5 Å². The van der Waals surface area contributed by atoms with Crippen LogP contribution < -0.4 is 10.1 Å². The summed E-state index contributed by atoms with van der Waals surface area (Å²) in [4.78, 5) is 23.6. The summed E-state index contributed by atoms with van der Waals surface area (Å²) in [5.74, 6) is -1.77. The highest BCUT2D eigenvalue weighted by Crippen LogP contribution is 2.29. The third-order valence-electron chi connectivity index (χ3n) is 3.33. The maximum absolute atomic E-state index is 12.8. The average Bonchev–Trinajstić information content (AvgIpc) is 2.61. The molecule has 0 aliphatic heterocycles. The molecule has 2 rings (SSSR count). The van der Waals surface area contributed by atoms with E-state index in [1.807, 2.05) is 0 Å². The lowest BCUT2D eigenvalue weighted by molar-refractivity contribution is -0.155. The van der Waals surface area contributed by atoms with Gasteiger partial charge in [0.05, 0.1) is 5.56 Å². The number of ether oxygens (including phenoxy) is 2. The average molecular weight is 385 g/mol. The zero-order valence-electron chi connectivity index (χ0n) is 14.0. The van der Waals surface area contributed by atoms with Gasteiger partial charge in [-0.05, 0) is 55.5 Å². The van der Waals surface area contributed by atoms with Gasteiger partial charge in [0.25, 0.3) is 5.91 Å². The van der Waals surface area contributed by atoms with Gasteiger partial charge < -0.3 is 14.8 Å². The Labute approximate surface area is 151 Å². The third kappa shape index (κ3) is 6.28. The fraction of sp³-hybridized carbons (Fsp3) is 0.222. The topological polar surface area (TPSA) is 64.6 Å². The number of rotatable bonds is 6. The van der Waals surface area contributed by atoms with Crippen molar-refractivity contribution in [3.63, 3.8) is 0 Å². The summed E-state index contributed by atoms with van der Waals surface area (Å²) in [6, 6.07) is 8.78. The van der Waals surface area contributed by atoms with Gasteiger partial charge in [-0.15, -0.1) is 0 Å². The van der Waals surface area contributed by atoms with E-state index in [9.17, 15) is 27.2 Å². The van der Waals surface area contributed by atoms with E-state index in [2.05, 4.69) is 5.32 Å². The maximum atomic E-state index is 12.8. The van der Waals surface area contributed by atoms with Crippen LogP contribution in [0.3, 0.4) is 0 Å². The van der Waals surface area contributed by atoms with Crippen molar-refractivity contribution < 1.29 is 36.6 Å². The van der Waals surface area contributed by atoms with E-state index in [-0.39, 0.29) is 11.4 Å². The van der Waals surface area contributed by atoms with Gasteiger partial charge in [-0.25, -0.2) is 9.18 Å². The van der Waals surface area contributed by atoms with Gasteiger partial charge in [-0.1, -0.05) is 0 Å². The monoisotopic (exact) mass is 385 g/mol. The summed E-state index contributed by atoms with van der Waals surface area (Å²) >= 11 is 0. The third-order valence-corrected chi connectivity index (χ3v) is 3.33. The molecule has 0 bridgehead atoms. The molecule has 0 saturated carbocycles. The van der Waals surface area contributed by atoms with Crippen molar-refractivity contribution in [2.24, 2.45) is 0 Å². The van der Waals surface area contributed by atoms with Crippen molar-refractivity contribution in [2.75, 3.05) is 11.9 Å². The molecule has 1 atom stereocenters. The first-order chi connectivity index (χ1) is 12.6. The Bertz CT molecular complexity index is 789. The summed E-state index contributed by atoms with van der Waals surface area (Å²) in [5, 5.41) is 2.34. The molecule has 0 aliphatic carbocycles. The van der Waals surface area contributed by atoms with Crippen LogP contribution in [0.4, 0.5) is 23.2 Å². The van der Waals surface area contributed by atoms with Crippen LogP contribution in [0.5, 0.6) is 5.75 Å². The van der Waals surface area contributed by atoms with Crippen molar-refractivity contribution in [1.82, 2.24) is 0 Å². The summed E-state index contributed by atoms with van der Waals surface area (Å²) in [7, 11) is 0. The van der Waals surface area contributed by atoms with Gasteiger partial charge in [-0.3, -0.25) is 4.79 Å². The second kappa shape index (κ2) is 8.52. The Balaban J connectivity index is 1.82. The van der Waals surface area contributed by atoms with E-state index in [4.69, 9.17) is 9.47 Å². The highest BCUT2D eigenvalue weighted by Gasteiger charge is 2.30. The molecule has 0 heterocycles. The Hall–Kier alpha value is -3.10. The van der Waals surface area contributed by atoms with Gasteiger partial charge >= 0.3 is 12.1 Å². The first-order valence-electron chi connectivity index (χ1n) is 7.71. The predicted molar refractivity (Wildman–Crippen MR) is 87.5 cm³/mol. The van der Waals surface area contributed by atoms with Crippen LogP contribution in [0.25, 0.3) is 0 Å². The Morgan fingerprint density at radius 1 is 1.04 bits per heavy atom. The number of halogens is 4. The number of carbonyl (C=O) groups is 2. The first-order valence-corrected chi connectivity index (χ1v) is 7.71. The molecule has 5 nitrogen and oxygen atoms in total. The molecule has 0 saturated heterocycles. The van der Waals surface area contributed by atoms with E-state index in [1.54, 1.807) is 0 Å². The minimum absolute atomic E-state index is 0.124. The number of nitrogens with one attached hydrogen (secondary N) is 1. The fourth-order valence-corrected chi connectivity index (χ4v) is 1.94. The zero-order valence-corrected chi connectivity index (χ0v) is 14.0.